The normalized spacial score (nSPS) is 11.3. The Balaban J connectivity index is 1.93. The number of carbonyl (C=O) groups excluding carboxylic acids is 3. The predicted octanol–water partition coefficient (Wildman–Crippen LogP) is 4.05. The summed E-state index contributed by atoms with van der Waals surface area (Å²) >= 11 is 0. The number of hydrogen-bond donors (Lipinski definition) is 1. The number of imidazole rings is 1. The predicted molar refractivity (Wildman–Crippen MR) is 112 cm³/mol. The fourth-order valence-electron chi connectivity index (χ4n) is 3.16. The van der Waals surface area contributed by atoms with Crippen LogP contribution in [0.3, 0.4) is 0 Å². The molecule has 1 aromatic heterocycles. The molecule has 0 aliphatic carbocycles. The summed E-state index contributed by atoms with van der Waals surface area (Å²) in [4.78, 5) is 40.5. The van der Waals surface area contributed by atoms with Crippen LogP contribution in [0.5, 0.6) is 0 Å². The van der Waals surface area contributed by atoms with Crippen LogP contribution in [0, 0.1) is 0 Å². The molecule has 0 saturated heterocycles. The van der Waals surface area contributed by atoms with Gasteiger partial charge >= 0.3 is 18.1 Å². The Bertz CT molecular complexity index is 1170. The molecule has 0 fully saturated rings. The van der Waals surface area contributed by atoms with E-state index < -0.39 is 36.4 Å². The van der Waals surface area contributed by atoms with E-state index in [4.69, 9.17) is 9.47 Å². The molecule has 1 heterocycles. The highest BCUT2D eigenvalue weighted by Gasteiger charge is 2.38. The van der Waals surface area contributed by atoms with Crippen LogP contribution >= 0.6 is 0 Å². The minimum absolute atomic E-state index is 0.0200. The van der Waals surface area contributed by atoms with Crippen LogP contribution in [-0.4, -0.2) is 40.6 Å². The number of nitrogens with one attached hydrogen (secondary N) is 1. The van der Waals surface area contributed by atoms with Gasteiger partial charge in [-0.15, -0.1) is 0 Å². The van der Waals surface area contributed by atoms with Gasteiger partial charge in [0.25, 0.3) is 0 Å². The number of rotatable bonds is 7. The number of carbonyl (C=O) groups is 3. The summed E-state index contributed by atoms with van der Waals surface area (Å²) in [6.07, 6.45) is -4.78. The standard InChI is InChI=1S/C22H20F3N3O5/c1-3-32-19(30)13-9-14(20(31)33-4-2)11-15(10-13)26-18(29)12-28-17-8-6-5-7-16(17)27-21(28)22(23,24)25/h5-11H,3-4,12H2,1-2H3,(H,26,29). The van der Waals surface area contributed by atoms with Crippen LogP contribution in [-0.2, 0) is 27.0 Å². The monoisotopic (exact) mass is 463 g/mol. The van der Waals surface area contributed by atoms with Crippen molar-refractivity contribution in [2.24, 2.45) is 0 Å². The SMILES string of the molecule is CCOC(=O)c1cc(NC(=O)Cn2c(C(F)(F)F)nc3ccccc32)cc(C(=O)OCC)c1. The molecule has 0 aliphatic heterocycles. The molecule has 8 nitrogen and oxygen atoms in total. The van der Waals surface area contributed by atoms with Gasteiger partial charge in [-0.25, -0.2) is 14.6 Å². The summed E-state index contributed by atoms with van der Waals surface area (Å²) in [6.45, 7) is 2.66. The molecule has 174 valence electrons. The van der Waals surface area contributed by atoms with E-state index >= 15 is 0 Å². The average Bonchev–Trinajstić information content (AvgIpc) is 3.12. The van der Waals surface area contributed by atoms with Crippen LogP contribution in [0.25, 0.3) is 11.0 Å². The highest BCUT2D eigenvalue weighted by molar-refractivity contribution is 5.99. The molecule has 0 saturated carbocycles. The maximum Gasteiger partial charge on any atom is 0.449 e. The van der Waals surface area contributed by atoms with E-state index in [-0.39, 0.29) is 41.1 Å². The largest absolute Gasteiger partial charge is 0.462 e. The summed E-state index contributed by atoms with van der Waals surface area (Å²) in [5.41, 5.74) is 0.189. The number of alkyl halides is 3. The fraction of sp³-hybridized carbons (Fsp3) is 0.273. The number of ether oxygens (including phenoxy) is 2. The molecule has 0 radical (unpaired) electrons. The summed E-state index contributed by atoms with van der Waals surface area (Å²) in [5, 5.41) is 2.43. The highest BCUT2D eigenvalue weighted by Crippen LogP contribution is 2.31. The van der Waals surface area contributed by atoms with Crippen molar-refractivity contribution >= 4 is 34.6 Å². The minimum atomic E-state index is -4.78. The zero-order valence-electron chi connectivity index (χ0n) is 17.7. The van der Waals surface area contributed by atoms with Crippen LogP contribution in [0.2, 0.25) is 0 Å². The van der Waals surface area contributed by atoms with Gasteiger partial charge in [0.2, 0.25) is 11.7 Å². The van der Waals surface area contributed by atoms with Crippen molar-refractivity contribution in [3.63, 3.8) is 0 Å². The van der Waals surface area contributed by atoms with E-state index in [2.05, 4.69) is 10.3 Å². The fourth-order valence-corrected chi connectivity index (χ4v) is 3.16. The number of esters is 2. The zero-order chi connectivity index (χ0) is 24.2. The second kappa shape index (κ2) is 9.72. The molecule has 2 aromatic carbocycles. The number of hydrogen-bond acceptors (Lipinski definition) is 6. The molecule has 0 bridgehead atoms. The van der Waals surface area contributed by atoms with E-state index in [1.807, 2.05) is 0 Å². The van der Waals surface area contributed by atoms with Crippen LogP contribution in [0.4, 0.5) is 18.9 Å². The molecule has 0 unspecified atom stereocenters. The lowest BCUT2D eigenvalue weighted by molar-refractivity contribution is -0.147. The first kappa shape index (κ1) is 23.8. The van der Waals surface area contributed by atoms with Gasteiger partial charge in [-0.3, -0.25) is 4.79 Å². The highest BCUT2D eigenvalue weighted by atomic mass is 19.4. The maximum atomic E-state index is 13.5. The topological polar surface area (TPSA) is 99.5 Å². The summed E-state index contributed by atoms with van der Waals surface area (Å²) in [7, 11) is 0. The third-order valence-electron chi connectivity index (χ3n) is 4.45. The minimum Gasteiger partial charge on any atom is -0.462 e. The third-order valence-corrected chi connectivity index (χ3v) is 4.45. The first-order valence-electron chi connectivity index (χ1n) is 9.95. The average molecular weight is 463 g/mol. The number of benzene rings is 2. The van der Waals surface area contributed by atoms with Gasteiger partial charge in [-0.1, -0.05) is 12.1 Å². The zero-order valence-corrected chi connectivity index (χ0v) is 17.7. The first-order chi connectivity index (χ1) is 15.6. The Morgan fingerprint density at radius 1 is 0.970 bits per heavy atom. The van der Waals surface area contributed by atoms with Crippen molar-refractivity contribution in [2.45, 2.75) is 26.6 Å². The maximum absolute atomic E-state index is 13.5. The van der Waals surface area contributed by atoms with Gasteiger partial charge < -0.3 is 19.4 Å². The van der Waals surface area contributed by atoms with E-state index in [0.717, 1.165) is 4.57 Å². The molecule has 3 aromatic rings. The second-order valence-electron chi connectivity index (χ2n) is 6.80. The Kier molecular flexibility index (Phi) is 7.00. The molecular weight excluding hydrogens is 443 g/mol. The molecule has 11 heteroatoms. The second-order valence-corrected chi connectivity index (χ2v) is 6.80. The Hall–Kier alpha value is -3.89. The molecule has 0 spiro atoms. The summed E-state index contributed by atoms with van der Waals surface area (Å²) in [5.74, 6) is -3.51. The van der Waals surface area contributed by atoms with Crippen LogP contribution in [0.15, 0.2) is 42.5 Å². The van der Waals surface area contributed by atoms with E-state index in [1.165, 1.54) is 42.5 Å². The van der Waals surface area contributed by atoms with Crippen LogP contribution in [0.1, 0.15) is 40.4 Å². The number of para-hydroxylation sites is 2. The van der Waals surface area contributed by atoms with Gasteiger partial charge in [-0.05, 0) is 44.2 Å². The number of amides is 1. The quantitative estimate of drug-likeness (QED) is 0.531. The van der Waals surface area contributed by atoms with E-state index in [9.17, 15) is 27.6 Å². The summed E-state index contributed by atoms with van der Waals surface area (Å²) < 4.78 is 51.0. The van der Waals surface area contributed by atoms with Gasteiger partial charge in [0.15, 0.2) is 0 Å². The third kappa shape index (κ3) is 5.48. The molecule has 3 rings (SSSR count). The number of halogens is 3. The molecule has 0 atom stereocenters. The Labute approximate surface area is 186 Å². The van der Waals surface area contributed by atoms with Gasteiger partial charge in [0.1, 0.15) is 6.54 Å². The Morgan fingerprint density at radius 2 is 1.55 bits per heavy atom. The van der Waals surface area contributed by atoms with E-state index in [0.29, 0.717) is 0 Å². The van der Waals surface area contributed by atoms with Crippen molar-refractivity contribution in [1.29, 1.82) is 0 Å². The number of nitrogens with zero attached hydrogens (tertiary/aromatic N) is 2. The number of aromatic nitrogens is 2. The lowest BCUT2D eigenvalue weighted by atomic mass is 10.1. The van der Waals surface area contributed by atoms with Crippen molar-refractivity contribution in [2.75, 3.05) is 18.5 Å². The van der Waals surface area contributed by atoms with Crippen molar-refractivity contribution in [3.8, 4) is 0 Å². The van der Waals surface area contributed by atoms with E-state index in [1.54, 1.807) is 13.8 Å². The first-order valence-corrected chi connectivity index (χ1v) is 9.95. The number of fused-ring (bicyclic) bond motifs is 1. The van der Waals surface area contributed by atoms with Gasteiger partial charge in [-0.2, -0.15) is 13.2 Å². The van der Waals surface area contributed by atoms with Gasteiger partial charge in [0.05, 0.1) is 35.4 Å². The molecule has 0 aliphatic rings. The Morgan fingerprint density at radius 3 is 2.09 bits per heavy atom. The lowest BCUT2D eigenvalue weighted by Crippen LogP contribution is -2.23. The molecule has 1 amide bonds. The van der Waals surface area contributed by atoms with Crippen LogP contribution < -0.4 is 5.32 Å². The smallest absolute Gasteiger partial charge is 0.449 e. The van der Waals surface area contributed by atoms with Gasteiger partial charge in [0, 0.05) is 5.69 Å². The molecule has 1 N–H and O–H groups in total. The van der Waals surface area contributed by atoms with Crippen molar-refractivity contribution in [3.05, 3.63) is 59.4 Å². The lowest BCUT2D eigenvalue weighted by Gasteiger charge is -2.13. The number of anilines is 1. The molecular formula is C22H20F3N3O5. The molecule has 33 heavy (non-hydrogen) atoms. The van der Waals surface area contributed by atoms with Crippen molar-refractivity contribution in [1.82, 2.24) is 9.55 Å². The van der Waals surface area contributed by atoms with Crippen molar-refractivity contribution < 1.29 is 37.0 Å². The summed E-state index contributed by atoms with van der Waals surface area (Å²) in [6, 6.07) is 9.67.